The van der Waals surface area contributed by atoms with Gasteiger partial charge < -0.3 is 10.6 Å². The van der Waals surface area contributed by atoms with E-state index in [1.807, 2.05) is 13.1 Å². The molecule has 0 saturated carbocycles. The third-order valence-corrected chi connectivity index (χ3v) is 2.75. The average molecular weight is 267 g/mol. The lowest BCUT2D eigenvalue weighted by molar-refractivity contribution is -0.124. The van der Waals surface area contributed by atoms with Crippen LogP contribution in [0.15, 0.2) is 6.20 Å². The van der Waals surface area contributed by atoms with E-state index in [1.54, 1.807) is 4.68 Å². The van der Waals surface area contributed by atoms with Crippen LogP contribution in [0.25, 0.3) is 0 Å². The van der Waals surface area contributed by atoms with Crippen LogP contribution in [0.4, 0.5) is 0 Å². The summed E-state index contributed by atoms with van der Waals surface area (Å²) in [4.78, 5) is 11.9. The van der Waals surface area contributed by atoms with E-state index < -0.39 is 0 Å². The van der Waals surface area contributed by atoms with Gasteiger partial charge in [-0.1, -0.05) is 26.0 Å². The molecule has 6 nitrogen and oxygen atoms in total. The van der Waals surface area contributed by atoms with Crippen molar-refractivity contribution in [1.82, 2.24) is 25.6 Å². The summed E-state index contributed by atoms with van der Waals surface area (Å²) in [7, 11) is 0. The zero-order valence-corrected chi connectivity index (χ0v) is 12.3. The molecular formula is C13H25N5O. The molecule has 1 rings (SSSR count). The number of rotatable bonds is 8. The predicted octanol–water partition coefficient (Wildman–Crippen LogP) is 1.11. The normalized spacial score (nSPS) is 12.7. The maximum absolute atomic E-state index is 11.9. The Kier molecular flexibility index (Phi) is 6.49. The van der Waals surface area contributed by atoms with E-state index in [-0.39, 0.29) is 11.9 Å². The molecule has 0 aliphatic carbocycles. The summed E-state index contributed by atoms with van der Waals surface area (Å²) in [5.41, 5.74) is 0.858. The first-order chi connectivity index (χ1) is 9.04. The fourth-order valence-electron chi connectivity index (χ4n) is 1.55. The topological polar surface area (TPSA) is 71.8 Å². The summed E-state index contributed by atoms with van der Waals surface area (Å²) in [6.45, 7) is 10.4. The highest BCUT2D eigenvalue weighted by Crippen LogP contribution is 2.05. The smallest absolute Gasteiger partial charge is 0.244 e. The molecule has 1 aromatic rings. The zero-order valence-electron chi connectivity index (χ0n) is 12.3. The highest BCUT2D eigenvalue weighted by Gasteiger charge is 2.16. The van der Waals surface area contributed by atoms with Gasteiger partial charge in [0.05, 0.1) is 11.9 Å². The molecule has 0 aromatic carbocycles. The lowest BCUT2D eigenvalue weighted by Crippen LogP contribution is -2.33. The largest absolute Gasteiger partial charge is 0.354 e. The molecule has 19 heavy (non-hydrogen) atoms. The molecule has 1 amide bonds. The third-order valence-electron chi connectivity index (χ3n) is 2.75. The number of carbonyl (C=O) groups is 1. The first-order valence-corrected chi connectivity index (χ1v) is 6.93. The summed E-state index contributed by atoms with van der Waals surface area (Å²) in [5, 5.41) is 14.2. The van der Waals surface area contributed by atoms with Gasteiger partial charge in [0.2, 0.25) is 5.91 Å². The van der Waals surface area contributed by atoms with Crippen molar-refractivity contribution >= 4 is 5.91 Å². The first kappa shape index (κ1) is 15.6. The first-order valence-electron chi connectivity index (χ1n) is 6.93. The zero-order chi connectivity index (χ0) is 14.3. The van der Waals surface area contributed by atoms with Crippen molar-refractivity contribution in [3.8, 4) is 0 Å². The Morgan fingerprint density at radius 3 is 2.79 bits per heavy atom. The molecule has 0 spiro atoms. The van der Waals surface area contributed by atoms with Gasteiger partial charge in [-0.05, 0) is 25.8 Å². The van der Waals surface area contributed by atoms with E-state index in [0.29, 0.717) is 19.0 Å². The van der Waals surface area contributed by atoms with E-state index in [9.17, 15) is 4.79 Å². The van der Waals surface area contributed by atoms with Gasteiger partial charge in [0.15, 0.2) is 0 Å². The van der Waals surface area contributed by atoms with Crippen LogP contribution in [0.1, 0.15) is 45.9 Å². The van der Waals surface area contributed by atoms with E-state index in [2.05, 4.69) is 41.7 Å². The number of hydrogen-bond donors (Lipinski definition) is 2. The molecule has 0 aliphatic heterocycles. The van der Waals surface area contributed by atoms with Crippen LogP contribution in [-0.2, 0) is 11.3 Å². The quantitative estimate of drug-likeness (QED) is 0.692. The molecule has 2 N–H and O–H groups in total. The summed E-state index contributed by atoms with van der Waals surface area (Å²) in [5.74, 6) is 0.423. The van der Waals surface area contributed by atoms with Crippen molar-refractivity contribution in [2.45, 2.75) is 46.7 Å². The van der Waals surface area contributed by atoms with Crippen LogP contribution in [0.3, 0.4) is 0 Å². The molecule has 1 atom stereocenters. The fraction of sp³-hybridized carbons (Fsp3) is 0.769. The summed E-state index contributed by atoms with van der Waals surface area (Å²) in [6, 6.07) is -0.328. The molecule has 0 radical (unpaired) electrons. The Labute approximate surface area is 115 Å². The van der Waals surface area contributed by atoms with E-state index in [4.69, 9.17) is 0 Å². The van der Waals surface area contributed by atoms with Crippen LogP contribution in [0.5, 0.6) is 0 Å². The van der Waals surface area contributed by atoms with Gasteiger partial charge in [-0.2, -0.15) is 0 Å². The maximum atomic E-state index is 11.9. The van der Waals surface area contributed by atoms with Gasteiger partial charge in [-0.15, -0.1) is 5.10 Å². The Bertz CT molecular complexity index is 388. The molecule has 1 heterocycles. The average Bonchev–Trinajstić information content (AvgIpc) is 2.84. The second-order valence-corrected chi connectivity index (χ2v) is 5.18. The van der Waals surface area contributed by atoms with Crippen molar-refractivity contribution in [3.05, 3.63) is 11.9 Å². The summed E-state index contributed by atoms with van der Waals surface area (Å²) in [6.07, 6.45) is 2.91. The highest BCUT2D eigenvalue weighted by atomic mass is 16.2. The Balaban J connectivity index is 2.47. The number of carbonyl (C=O) groups excluding carboxylic acids is 1. The molecule has 1 aromatic heterocycles. The number of hydrogen-bond acceptors (Lipinski definition) is 4. The molecule has 0 fully saturated rings. The summed E-state index contributed by atoms with van der Waals surface area (Å²) < 4.78 is 1.61. The SMILES string of the molecule is CCCNCc1cn(C(C)C(=O)NCC(C)C)nn1. The molecule has 0 saturated heterocycles. The minimum absolute atomic E-state index is 0.0216. The van der Waals surface area contributed by atoms with Gasteiger partial charge in [0.1, 0.15) is 6.04 Å². The van der Waals surface area contributed by atoms with Crippen LogP contribution in [0, 0.1) is 5.92 Å². The van der Waals surface area contributed by atoms with Gasteiger partial charge >= 0.3 is 0 Å². The lowest BCUT2D eigenvalue weighted by atomic mass is 10.2. The Hall–Kier alpha value is -1.43. The minimum atomic E-state index is -0.328. The van der Waals surface area contributed by atoms with Gasteiger partial charge in [-0.25, -0.2) is 4.68 Å². The second-order valence-electron chi connectivity index (χ2n) is 5.18. The van der Waals surface area contributed by atoms with Gasteiger partial charge in [0.25, 0.3) is 0 Å². The summed E-state index contributed by atoms with van der Waals surface area (Å²) >= 11 is 0. The number of aromatic nitrogens is 3. The fourth-order valence-corrected chi connectivity index (χ4v) is 1.55. The standard InChI is InChI=1S/C13H25N5O/c1-5-6-14-8-12-9-18(17-16-12)11(4)13(19)15-7-10(2)3/h9-11,14H,5-8H2,1-4H3,(H,15,19). The van der Waals surface area contributed by atoms with Crippen LogP contribution >= 0.6 is 0 Å². The van der Waals surface area contributed by atoms with Crippen LogP contribution in [0.2, 0.25) is 0 Å². The minimum Gasteiger partial charge on any atom is -0.354 e. The van der Waals surface area contributed by atoms with Gasteiger partial charge in [-0.3, -0.25) is 4.79 Å². The molecule has 1 unspecified atom stereocenters. The van der Waals surface area contributed by atoms with Crippen molar-refractivity contribution in [2.75, 3.05) is 13.1 Å². The van der Waals surface area contributed by atoms with E-state index >= 15 is 0 Å². The maximum Gasteiger partial charge on any atom is 0.244 e. The molecule has 108 valence electrons. The second kappa shape index (κ2) is 7.89. The van der Waals surface area contributed by atoms with E-state index in [1.165, 1.54) is 0 Å². The third kappa shape index (κ3) is 5.38. The van der Waals surface area contributed by atoms with Crippen LogP contribution in [-0.4, -0.2) is 34.0 Å². The number of nitrogens with zero attached hydrogens (tertiary/aromatic N) is 3. The number of nitrogens with one attached hydrogen (secondary N) is 2. The van der Waals surface area contributed by atoms with Crippen molar-refractivity contribution < 1.29 is 4.79 Å². The van der Waals surface area contributed by atoms with E-state index in [0.717, 1.165) is 18.7 Å². The Morgan fingerprint density at radius 2 is 2.16 bits per heavy atom. The molecule has 0 bridgehead atoms. The molecule has 6 heteroatoms. The number of amides is 1. The Morgan fingerprint density at radius 1 is 1.42 bits per heavy atom. The molecular weight excluding hydrogens is 242 g/mol. The van der Waals surface area contributed by atoms with Crippen LogP contribution < -0.4 is 10.6 Å². The monoisotopic (exact) mass is 267 g/mol. The predicted molar refractivity (Wildman–Crippen MR) is 74.6 cm³/mol. The van der Waals surface area contributed by atoms with Crippen molar-refractivity contribution in [3.63, 3.8) is 0 Å². The van der Waals surface area contributed by atoms with Crippen molar-refractivity contribution in [2.24, 2.45) is 5.92 Å². The van der Waals surface area contributed by atoms with Crippen molar-refractivity contribution in [1.29, 1.82) is 0 Å². The molecule has 0 aliphatic rings. The lowest BCUT2D eigenvalue weighted by Gasteiger charge is -2.13. The highest BCUT2D eigenvalue weighted by molar-refractivity contribution is 5.79. The van der Waals surface area contributed by atoms with Gasteiger partial charge in [0, 0.05) is 13.1 Å².